The molecule has 2 N–H and O–H groups in total. The Hall–Kier alpha value is -1.98. The van der Waals surface area contributed by atoms with Gasteiger partial charge in [-0.2, -0.15) is 0 Å². The van der Waals surface area contributed by atoms with Gasteiger partial charge in [-0.3, -0.25) is 0 Å². The van der Waals surface area contributed by atoms with Crippen LogP contribution in [0.2, 0.25) is 0 Å². The Labute approximate surface area is 112 Å². The van der Waals surface area contributed by atoms with Crippen LogP contribution in [0.4, 0.5) is 4.79 Å². The van der Waals surface area contributed by atoms with Crippen molar-refractivity contribution in [2.24, 2.45) is 0 Å². The summed E-state index contributed by atoms with van der Waals surface area (Å²) in [7, 11) is 1.72. The van der Waals surface area contributed by atoms with Crippen LogP contribution >= 0.6 is 0 Å². The van der Waals surface area contributed by atoms with Gasteiger partial charge < -0.3 is 19.7 Å². The molecule has 0 aliphatic carbocycles. The van der Waals surface area contributed by atoms with Gasteiger partial charge in [0, 0.05) is 13.6 Å². The molecule has 0 atom stereocenters. The Bertz CT molecular complexity index is 453. The Morgan fingerprint density at radius 3 is 2.68 bits per heavy atom. The second kappa shape index (κ2) is 6.82. The fourth-order valence-corrected chi connectivity index (χ4v) is 1.64. The molecule has 0 unspecified atom stereocenters. The molecule has 1 rings (SSSR count). The number of carboxylic acid groups (broad SMARTS) is 1. The summed E-state index contributed by atoms with van der Waals surface area (Å²) >= 11 is 0. The topological polar surface area (TPSA) is 82.8 Å². The van der Waals surface area contributed by atoms with E-state index in [2.05, 4.69) is 12.2 Å². The molecule has 0 fully saturated rings. The highest BCUT2D eigenvalue weighted by atomic mass is 16.4. The van der Waals surface area contributed by atoms with Gasteiger partial charge in [-0.15, -0.1) is 0 Å². The van der Waals surface area contributed by atoms with E-state index >= 15 is 0 Å². The number of urea groups is 1. The molecule has 1 heterocycles. The lowest BCUT2D eigenvalue weighted by atomic mass is 10.2. The third-order valence-electron chi connectivity index (χ3n) is 2.81. The number of unbranched alkanes of at least 4 members (excludes halogenated alkanes) is 1. The van der Waals surface area contributed by atoms with Crippen molar-refractivity contribution in [2.45, 2.75) is 33.2 Å². The van der Waals surface area contributed by atoms with Gasteiger partial charge in [0.05, 0.1) is 6.54 Å². The van der Waals surface area contributed by atoms with Gasteiger partial charge in [0.2, 0.25) is 0 Å². The molecule has 0 radical (unpaired) electrons. The Kier molecular flexibility index (Phi) is 5.41. The molecule has 6 nitrogen and oxygen atoms in total. The van der Waals surface area contributed by atoms with Crippen LogP contribution < -0.4 is 5.32 Å². The maximum atomic E-state index is 11.7. The smallest absolute Gasteiger partial charge is 0.339 e. The van der Waals surface area contributed by atoms with Crippen LogP contribution in [0.3, 0.4) is 0 Å². The quantitative estimate of drug-likeness (QED) is 0.828. The molecule has 6 heteroatoms. The van der Waals surface area contributed by atoms with Gasteiger partial charge in [-0.05, 0) is 19.4 Å². The largest absolute Gasteiger partial charge is 0.478 e. The fourth-order valence-electron chi connectivity index (χ4n) is 1.64. The lowest BCUT2D eigenvalue weighted by Crippen LogP contribution is -2.37. The maximum absolute atomic E-state index is 11.7. The van der Waals surface area contributed by atoms with Crippen LogP contribution in [0.15, 0.2) is 10.5 Å². The molecule has 0 bridgehead atoms. The van der Waals surface area contributed by atoms with Crippen LogP contribution in [-0.2, 0) is 6.54 Å². The van der Waals surface area contributed by atoms with E-state index < -0.39 is 5.97 Å². The summed E-state index contributed by atoms with van der Waals surface area (Å²) in [5, 5.41) is 11.6. The van der Waals surface area contributed by atoms with E-state index in [0.717, 1.165) is 12.8 Å². The minimum atomic E-state index is -1.03. The summed E-state index contributed by atoms with van der Waals surface area (Å²) in [6.45, 7) is 4.52. The molecule has 19 heavy (non-hydrogen) atoms. The summed E-state index contributed by atoms with van der Waals surface area (Å²) in [6.07, 6.45) is 1.98. The van der Waals surface area contributed by atoms with Crippen LogP contribution in [0.1, 0.15) is 41.6 Å². The number of carboxylic acids is 1. The number of carbonyl (C=O) groups is 2. The van der Waals surface area contributed by atoms with E-state index in [0.29, 0.717) is 18.1 Å². The molecule has 0 spiro atoms. The highest BCUT2D eigenvalue weighted by Crippen LogP contribution is 2.14. The summed E-state index contributed by atoms with van der Waals surface area (Å²) in [5.74, 6) is -0.248. The van der Waals surface area contributed by atoms with Gasteiger partial charge >= 0.3 is 12.0 Å². The second-order valence-electron chi connectivity index (χ2n) is 4.42. The minimum absolute atomic E-state index is 0.128. The molecule has 1 aromatic rings. The third-order valence-corrected chi connectivity index (χ3v) is 2.81. The molecule has 1 aromatic heterocycles. The number of furan rings is 1. The van der Waals surface area contributed by atoms with E-state index in [-0.39, 0.29) is 18.1 Å². The summed E-state index contributed by atoms with van der Waals surface area (Å²) in [5.41, 5.74) is 0.128. The number of carbonyl (C=O) groups excluding carboxylic acids is 1. The molecule has 0 aliphatic rings. The van der Waals surface area contributed by atoms with E-state index in [1.807, 2.05) is 0 Å². The number of aryl methyl sites for hydroxylation is 1. The zero-order valence-corrected chi connectivity index (χ0v) is 11.5. The predicted octanol–water partition coefficient (Wildman–Crippen LogP) is 2.23. The lowest BCUT2D eigenvalue weighted by Gasteiger charge is -2.16. The molecule has 106 valence electrons. The molecule has 0 saturated heterocycles. The average molecular weight is 268 g/mol. The number of hydrogen-bond acceptors (Lipinski definition) is 3. The van der Waals surface area contributed by atoms with E-state index in [4.69, 9.17) is 9.52 Å². The lowest BCUT2D eigenvalue weighted by molar-refractivity contribution is 0.0695. The highest BCUT2D eigenvalue weighted by molar-refractivity contribution is 5.88. The first-order chi connectivity index (χ1) is 8.95. The van der Waals surface area contributed by atoms with Crippen LogP contribution in [0.25, 0.3) is 0 Å². The molecule has 0 aliphatic heterocycles. The Morgan fingerprint density at radius 1 is 1.47 bits per heavy atom. The molecular weight excluding hydrogens is 248 g/mol. The van der Waals surface area contributed by atoms with Gasteiger partial charge in [-0.25, -0.2) is 9.59 Å². The van der Waals surface area contributed by atoms with Crippen molar-refractivity contribution in [3.8, 4) is 0 Å². The van der Waals surface area contributed by atoms with Crippen molar-refractivity contribution in [1.29, 1.82) is 0 Å². The first kappa shape index (κ1) is 15.1. The van der Waals surface area contributed by atoms with Crippen LogP contribution in [-0.4, -0.2) is 35.6 Å². The van der Waals surface area contributed by atoms with Crippen molar-refractivity contribution in [2.75, 3.05) is 13.6 Å². The summed E-state index contributed by atoms with van der Waals surface area (Å²) < 4.78 is 5.27. The number of rotatable bonds is 6. The van der Waals surface area contributed by atoms with Crippen molar-refractivity contribution in [3.05, 3.63) is 23.2 Å². The molecule has 0 saturated carbocycles. The second-order valence-corrected chi connectivity index (χ2v) is 4.42. The zero-order chi connectivity index (χ0) is 14.4. The number of amides is 2. The van der Waals surface area contributed by atoms with Gasteiger partial charge in [0.15, 0.2) is 0 Å². The maximum Gasteiger partial charge on any atom is 0.339 e. The number of nitrogens with one attached hydrogen (secondary N) is 1. The number of hydrogen-bond donors (Lipinski definition) is 2. The SMILES string of the molecule is CCCCN(C)C(=O)NCc1cc(C(=O)O)c(C)o1. The van der Waals surface area contributed by atoms with Crippen molar-refractivity contribution >= 4 is 12.0 Å². The highest BCUT2D eigenvalue weighted by Gasteiger charge is 2.14. The van der Waals surface area contributed by atoms with Crippen molar-refractivity contribution < 1.29 is 19.1 Å². The average Bonchev–Trinajstić information content (AvgIpc) is 2.74. The van der Waals surface area contributed by atoms with Gasteiger partial charge in [0.25, 0.3) is 0 Å². The number of nitrogens with zero attached hydrogens (tertiary/aromatic N) is 1. The third kappa shape index (κ3) is 4.31. The summed E-state index contributed by atoms with van der Waals surface area (Å²) in [4.78, 5) is 24.1. The van der Waals surface area contributed by atoms with Crippen LogP contribution in [0.5, 0.6) is 0 Å². The monoisotopic (exact) mass is 268 g/mol. The van der Waals surface area contributed by atoms with Crippen molar-refractivity contribution in [1.82, 2.24) is 10.2 Å². The minimum Gasteiger partial charge on any atom is -0.478 e. The number of aromatic carboxylic acids is 1. The molecule has 2 amide bonds. The van der Waals surface area contributed by atoms with Gasteiger partial charge in [0.1, 0.15) is 17.1 Å². The van der Waals surface area contributed by atoms with E-state index in [1.165, 1.54) is 6.07 Å². The van der Waals surface area contributed by atoms with E-state index in [1.54, 1.807) is 18.9 Å². The van der Waals surface area contributed by atoms with Gasteiger partial charge in [-0.1, -0.05) is 13.3 Å². The predicted molar refractivity (Wildman–Crippen MR) is 70.2 cm³/mol. The zero-order valence-electron chi connectivity index (χ0n) is 11.5. The Balaban J connectivity index is 2.50. The Morgan fingerprint density at radius 2 is 2.16 bits per heavy atom. The normalized spacial score (nSPS) is 10.3. The first-order valence-electron chi connectivity index (χ1n) is 6.27. The van der Waals surface area contributed by atoms with E-state index in [9.17, 15) is 9.59 Å². The summed E-state index contributed by atoms with van der Waals surface area (Å²) in [6, 6.07) is 1.24. The van der Waals surface area contributed by atoms with Crippen molar-refractivity contribution in [3.63, 3.8) is 0 Å². The van der Waals surface area contributed by atoms with Crippen LogP contribution in [0, 0.1) is 6.92 Å². The first-order valence-corrected chi connectivity index (χ1v) is 6.27. The fraction of sp³-hybridized carbons (Fsp3) is 0.538. The molecular formula is C13H20N2O4. The standard InChI is InChI=1S/C13H20N2O4/c1-4-5-6-15(3)13(18)14-8-10-7-11(12(16)17)9(2)19-10/h7H,4-6,8H2,1-3H3,(H,14,18)(H,16,17). The molecule has 0 aromatic carbocycles.